The number of nitrogens with zero attached hydrogens (tertiary/aromatic N) is 2. The lowest BCUT2D eigenvalue weighted by Crippen LogP contribution is -2.50. The number of amides is 2. The molecule has 2 atom stereocenters. The van der Waals surface area contributed by atoms with Gasteiger partial charge in [0.2, 0.25) is 0 Å². The van der Waals surface area contributed by atoms with Crippen LogP contribution in [0, 0.1) is 24.2 Å². The molecule has 1 heterocycles. The number of hydrogen-bond acceptors (Lipinski definition) is 5. The molecule has 1 saturated heterocycles. The molecule has 3 rings (SSSR count). The van der Waals surface area contributed by atoms with Crippen LogP contribution >= 0.6 is 0 Å². The van der Waals surface area contributed by atoms with Crippen LogP contribution in [-0.2, 0) is 4.79 Å². The summed E-state index contributed by atoms with van der Waals surface area (Å²) in [4.78, 5) is 29.5. The second-order valence-corrected chi connectivity index (χ2v) is 9.83. The lowest BCUT2D eigenvalue weighted by atomic mass is 9.92. The van der Waals surface area contributed by atoms with E-state index in [9.17, 15) is 23.5 Å². The van der Waals surface area contributed by atoms with Gasteiger partial charge in [-0.25, -0.2) is 4.99 Å². The summed E-state index contributed by atoms with van der Waals surface area (Å²) in [5.74, 6) is -4.48. The molecule has 198 valence electrons. The lowest BCUT2D eigenvalue weighted by Gasteiger charge is -2.33. The SMILES string of the molecule is Cc1cc(OCCCC2CCN(C(=N)NC(=O)C(C)(F)F)CC2)ccc1C(=O)N=CC1CCC[C@@H]1O. The lowest BCUT2D eigenvalue weighted by molar-refractivity contribution is -0.141. The van der Waals surface area contributed by atoms with E-state index in [1.54, 1.807) is 23.2 Å². The van der Waals surface area contributed by atoms with Gasteiger partial charge < -0.3 is 14.7 Å². The van der Waals surface area contributed by atoms with Gasteiger partial charge in [-0.2, -0.15) is 8.78 Å². The number of hydrogen-bond donors (Lipinski definition) is 3. The minimum Gasteiger partial charge on any atom is -0.494 e. The maximum atomic E-state index is 13.0. The topological polar surface area (TPSA) is 115 Å². The van der Waals surface area contributed by atoms with Crippen LogP contribution in [0.5, 0.6) is 5.75 Å². The van der Waals surface area contributed by atoms with Crippen LogP contribution in [0.3, 0.4) is 0 Å². The first-order valence-electron chi connectivity index (χ1n) is 12.6. The molecule has 2 fully saturated rings. The molecule has 3 N–H and O–H groups in total. The third-order valence-corrected chi connectivity index (χ3v) is 6.93. The van der Waals surface area contributed by atoms with Gasteiger partial charge in [-0.3, -0.25) is 20.3 Å². The number of alkyl halides is 2. The highest BCUT2D eigenvalue weighted by molar-refractivity contribution is 6.00. The highest BCUT2D eigenvalue weighted by atomic mass is 19.3. The maximum absolute atomic E-state index is 13.0. The largest absolute Gasteiger partial charge is 0.494 e. The Balaban J connectivity index is 1.36. The number of ether oxygens (including phenoxy) is 1. The third kappa shape index (κ3) is 7.81. The number of aliphatic imine (C=N–C) groups is 1. The fraction of sp³-hybridized carbons (Fsp3) is 0.615. The van der Waals surface area contributed by atoms with Crippen LogP contribution < -0.4 is 10.1 Å². The van der Waals surface area contributed by atoms with E-state index >= 15 is 0 Å². The van der Waals surface area contributed by atoms with E-state index in [0.717, 1.165) is 50.5 Å². The van der Waals surface area contributed by atoms with Crippen molar-refractivity contribution in [1.82, 2.24) is 10.2 Å². The first-order valence-corrected chi connectivity index (χ1v) is 12.6. The first kappa shape index (κ1) is 27.7. The molecule has 0 spiro atoms. The fourth-order valence-electron chi connectivity index (χ4n) is 4.65. The van der Waals surface area contributed by atoms with E-state index in [4.69, 9.17) is 10.1 Å². The molecule has 1 aromatic carbocycles. The molecular weight excluding hydrogens is 470 g/mol. The average Bonchev–Trinajstić information content (AvgIpc) is 3.24. The van der Waals surface area contributed by atoms with Crippen LogP contribution in [0.15, 0.2) is 23.2 Å². The van der Waals surface area contributed by atoms with E-state index in [1.165, 1.54) is 0 Å². The summed E-state index contributed by atoms with van der Waals surface area (Å²) < 4.78 is 31.9. The number of benzene rings is 1. The maximum Gasteiger partial charge on any atom is 0.322 e. The van der Waals surface area contributed by atoms with Crippen molar-refractivity contribution in [2.24, 2.45) is 16.8 Å². The summed E-state index contributed by atoms with van der Waals surface area (Å²) in [5.41, 5.74) is 1.30. The number of carbonyl (C=O) groups excluding carboxylic acids is 2. The van der Waals surface area contributed by atoms with E-state index < -0.39 is 17.9 Å². The highest BCUT2D eigenvalue weighted by Crippen LogP contribution is 2.25. The number of nitrogens with one attached hydrogen (secondary N) is 2. The molecular formula is C26H36F2N4O4. The summed E-state index contributed by atoms with van der Waals surface area (Å²) in [7, 11) is 0. The monoisotopic (exact) mass is 506 g/mol. The van der Waals surface area contributed by atoms with Crippen LogP contribution in [0.4, 0.5) is 8.78 Å². The third-order valence-electron chi connectivity index (χ3n) is 6.93. The minimum absolute atomic E-state index is 0.0498. The zero-order chi connectivity index (χ0) is 26.3. The Bertz CT molecular complexity index is 971. The van der Waals surface area contributed by atoms with Crippen LogP contribution in [0.1, 0.15) is 67.8 Å². The molecule has 1 aromatic rings. The molecule has 2 amide bonds. The molecule has 1 aliphatic heterocycles. The first-order chi connectivity index (χ1) is 17.0. The molecule has 8 nitrogen and oxygen atoms in total. The molecule has 0 aromatic heterocycles. The Morgan fingerprint density at radius 3 is 2.61 bits per heavy atom. The Hall–Kier alpha value is -2.88. The van der Waals surface area contributed by atoms with Gasteiger partial charge in [0.05, 0.1) is 12.7 Å². The number of aliphatic hydroxyl groups is 1. The van der Waals surface area contributed by atoms with Crippen molar-refractivity contribution < 1.29 is 28.2 Å². The van der Waals surface area contributed by atoms with Crippen LogP contribution in [-0.4, -0.2) is 65.7 Å². The van der Waals surface area contributed by atoms with E-state index in [1.807, 2.05) is 18.3 Å². The van der Waals surface area contributed by atoms with Gasteiger partial charge in [0.1, 0.15) is 5.75 Å². The molecule has 2 aliphatic rings. The van der Waals surface area contributed by atoms with Gasteiger partial charge in [0.25, 0.3) is 11.8 Å². The number of guanidine groups is 1. The van der Waals surface area contributed by atoms with Crippen molar-refractivity contribution in [1.29, 1.82) is 5.41 Å². The van der Waals surface area contributed by atoms with Gasteiger partial charge in [-0.15, -0.1) is 0 Å². The molecule has 1 unspecified atom stereocenters. The van der Waals surface area contributed by atoms with Gasteiger partial charge in [0.15, 0.2) is 5.96 Å². The van der Waals surface area contributed by atoms with Gasteiger partial charge in [-0.1, -0.05) is 6.42 Å². The summed E-state index contributed by atoms with van der Waals surface area (Å²) in [6.07, 6.45) is 7.13. The number of likely N-dealkylation sites (tertiary alicyclic amines) is 1. The molecule has 10 heteroatoms. The average molecular weight is 507 g/mol. The van der Waals surface area contributed by atoms with Crippen molar-refractivity contribution in [3.05, 3.63) is 29.3 Å². The predicted octanol–water partition coefficient (Wildman–Crippen LogP) is 3.94. The standard InChI is InChI=1S/C26H36F2N4O4/c1-17-15-20(8-9-21(17)23(34)30-16-19-6-3-7-22(19)33)36-14-4-5-18-10-12-32(13-11-18)25(29)31-24(35)26(2,27)28/h8-9,15-16,18-19,22,33H,3-7,10-14H2,1-2H3,(H2,29,31,35)/t19?,22-/m0/s1. The second-order valence-electron chi connectivity index (χ2n) is 9.83. The van der Waals surface area contributed by atoms with Crippen LogP contribution in [0.25, 0.3) is 0 Å². The number of rotatable bonds is 8. The Morgan fingerprint density at radius 2 is 2.00 bits per heavy atom. The van der Waals surface area contributed by atoms with E-state index in [2.05, 4.69) is 4.99 Å². The van der Waals surface area contributed by atoms with Gasteiger partial charge in [0, 0.05) is 37.7 Å². The van der Waals surface area contributed by atoms with Crippen molar-refractivity contribution in [2.45, 2.75) is 70.8 Å². The second kappa shape index (κ2) is 12.4. The highest BCUT2D eigenvalue weighted by Gasteiger charge is 2.34. The molecule has 0 radical (unpaired) electrons. The van der Waals surface area contributed by atoms with Crippen molar-refractivity contribution >= 4 is 24.0 Å². The smallest absolute Gasteiger partial charge is 0.322 e. The van der Waals surface area contributed by atoms with Crippen molar-refractivity contribution in [3.8, 4) is 5.75 Å². The number of piperidine rings is 1. The summed E-state index contributed by atoms with van der Waals surface area (Å²) in [6, 6.07) is 5.30. The number of carbonyl (C=O) groups is 2. The zero-order valence-corrected chi connectivity index (χ0v) is 20.9. The van der Waals surface area contributed by atoms with E-state index in [0.29, 0.717) is 43.9 Å². The fourth-order valence-corrected chi connectivity index (χ4v) is 4.65. The number of aryl methyl sites for hydroxylation is 1. The Morgan fingerprint density at radius 1 is 1.28 bits per heavy atom. The summed E-state index contributed by atoms with van der Waals surface area (Å²) in [6.45, 7) is 3.96. The quantitative estimate of drug-likeness (QED) is 0.281. The van der Waals surface area contributed by atoms with E-state index in [-0.39, 0.29) is 17.8 Å². The predicted molar refractivity (Wildman–Crippen MR) is 133 cm³/mol. The van der Waals surface area contributed by atoms with Gasteiger partial charge >= 0.3 is 5.92 Å². The molecule has 1 aliphatic carbocycles. The Labute approximate surface area is 210 Å². The molecule has 1 saturated carbocycles. The molecule has 36 heavy (non-hydrogen) atoms. The number of halogens is 2. The van der Waals surface area contributed by atoms with Crippen LogP contribution in [0.2, 0.25) is 0 Å². The minimum atomic E-state index is -3.51. The Kier molecular flexibility index (Phi) is 9.53. The normalized spacial score (nSPS) is 21.1. The zero-order valence-electron chi connectivity index (χ0n) is 20.9. The summed E-state index contributed by atoms with van der Waals surface area (Å²) >= 11 is 0. The van der Waals surface area contributed by atoms with Crippen molar-refractivity contribution in [2.75, 3.05) is 19.7 Å². The number of aliphatic hydroxyl groups excluding tert-OH is 1. The van der Waals surface area contributed by atoms with Crippen molar-refractivity contribution in [3.63, 3.8) is 0 Å². The van der Waals surface area contributed by atoms with Gasteiger partial charge in [-0.05, 0) is 75.1 Å². The molecule has 0 bridgehead atoms. The summed E-state index contributed by atoms with van der Waals surface area (Å²) in [5, 5.41) is 19.7.